The highest BCUT2D eigenvalue weighted by molar-refractivity contribution is 7.91. The van der Waals surface area contributed by atoms with E-state index in [1.807, 2.05) is 29.2 Å². The fraction of sp³-hybridized carbons (Fsp3) is 0.238. The van der Waals surface area contributed by atoms with Gasteiger partial charge in [0.25, 0.3) is 0 Å². The quantitative estimate of drug-likeness (QED) is 0.621. The maximum absolute atomic E-state index is 12.9. The van der Waals surface area contributed by atoms with Gasteiger partial charge in [0.15, 0.2) is 0 Å². The molecule has 31 heavy (non-hydrogen) atoms. The van der Waals surface area contributed by atoms with Crippen molar-refractivity contribution in [2.45, 2.75) is 9.79 Å². The first-order valence-corrected chi connectivity index (χ1v) is 11.5. The molecule has 2 heterocycles. The lowest BCUT2D eigenvalue weighted by Crippen LogP contribution is -2.47. The number of sulfone groups is 1. The molecule has 0 aliphatic carbocycles. The molecule has 10 heteroatoms. The first-order chi connectivity index (χ1) is 14.9. The molecule has 0 saturated carbocycles. The molecule has 0 radical (unpaired) electrons. The summed E-state index contributed by atoms with van der Waals surface area (Å²) in [5, 5.41) is 0.713. The molecule has 3 aromatic rings. The molecular weight excluding hydrogens is 438 g/mol. The van der Waals surface area contributed by atoms with Gasteiger partial charge in [0.05, 0.1) is 28.9 Å². The molecule has 0 spiro atoms. The second kappa shape index (κ2) is 8.60. The number of rotatable bonds is 5. The Kier molecular flexibility index (Phi) is 5.88. The van der Waals surface area contributed by atoms with Crippen molar-refractivity contribution in [3.8, 4) is 5.75 Å². The number of benzene rings is 2. The van der Waals surface area contributed by atoms with Crippen LogP contribution in [0.2, 0.25) is 5.02 Å². The van der Waals surface area contributed by atoms with Crippen molar-refractivity contribution >= 4 is 38.9 Å². The summed E-state index contributed by atoms with van der Waals surface area (Å²) in [6.45, 7) is 2.79. The molecule has 0 atom stereocenters. The van der Waals surface area contributed by atoms with Gasteiger partial charge in [-0.05, 0) is 36.4 Å². The monoisotopic (exact) mass is 459 g/mol. The van der Waals surface area contributed by atoms with Crippen molar-refractivity contribution in [3.05, 3.63) is 59.8 Å². The van der Waals surface area contributed by atoms with E-state index < -0.39 is 9.84 Å². The van der Waals surface area contributed by atoms with Crippen LogP contribution in [0.5, 0.6) is 5.75 Å². The maximum Gasteiger partial charge on any atom is 0.227 e. The van der Waals surface area contributed by atoms with E-state index in [9.17, 15) is 8.42 Å². The van der Waals surface area contributed by atoms with Crippen LogP contribution in [0.1, 0.15) is 0 Å². The minimum Gasteiger partial charge on any atom is -0.497 e. The summed E-state index contributed by atoms with van der Waals surface area (Å²) < 4.78 is 31.0. The molecule has 4 rings (SSSR count). The van der Waals surface area contributed by atoms with Crippen LogP contribution in [0.3, 0.4) is 0 Å². The largest absolute Gasteiger partial charge is 0.497 e. The Morgan fingerprint density at radius 3 is 2.26 bits per heavy atom. The summed E-state index contributed by atoms with van der Waals surface area (Å²) in [5.41, 5.74) is 7.03. The molecule has 2 aromatic carbocycles. The van der Waals surface area contributed by atoms with Crippen LogP contribution in [-0.4, -0.2) is 51.7 Å². The smallest absolute Gasteiger partial charge is 0.227 e. The maximum atomic E-state index is 12.9. The van der Waals surface area contributed by atoms with Crippen LogP contribution in [0.15, 0.2) is 64.5 Å². The van der Waals surface area contributed by atoms with Gasteiger partial charge in [0, 0.05) is 26.2 Å². The Balaban J connectivity index is 1.51. The van der Waals surface area contributed by atoms with E-state index in [1.165, 1.54) is 25.4 Å². The van der Waals surface area contributed by atoms with Crippen LogP contribution in [0.25, 0.3) is 0 Å². The van der Waals surface area contributed by atoms with Gasteiger partial charge >= 0.3 is 0 Å². The van der Waals surface area contributed by atoms with Crippen molar-refractivity contribution in [1.82, 2.24) is 9.97 Å². The molecule has 162 valence electrons. The fourth-order valence-corrected chi connectivity index (χ4v) is 4.99. The van der Waals surface area contributed by atoms with E-state index in [4.69, 9.17) is 22.1 Å². The van der Waals surface area contributed by atoms with Crippen molar-refractivity contribution in [2.75, 3.05) is 48.8 Å². The van der Waals surface area contributed by atoms with Crippen molar-refractivity contribution in [1.29, 1.82) is 0 Å². The second-order valence-electron chi connectivity index (χ2n) is 7.02. The molecule has 1 aliphatic heterocycles. The fourth-order valence-electron chi connectivity index (χ4n) is 3.47. The second-order valence-corrected chi connectivity index (χ2v) is 9.35. The highest BCUT2D eigenvalue weighted by Crippen LogP contribution is 2.29. The molecule has 1 fully saturated rings. The number of anilines is 3. The molecule has 0 bridgehead atoms. The van der Waals surface area contributed by atoms with Crippen molar-refractivity contribution < 1.29 is 13.2 Å². The number of methoxy groups -OCH3 is 1. The van der Waals surface area contributed by atoms with Gasteiger partial charge in [0.1, 0.15) is 16.5 Å². The third kappa shape index (κ3) is 4.24. The van der Waals surface area contributed by atoms with Gasteiger partial charge in [-0.25, -0.2) is 13.4 Å². The number of piperazine rings is 1. The predicted molar refractivity (Wildman–Crippen MR) is 121 cm³/mol. The number of ether oxygens (including phenoxy) is 1. The summed E-state index contributed by atoms with van der Waals surface area (Å²) >= 11 is 6.30. The molecule has 0 unspecified atom stereocenters. The predicted octanol–water partition coefficient (Wildman–Crippen LogP) is 2.88. The number of hydrogen-bond donors (Lipinski definition) is 1. The van der Waals surface area contributed by atoms with Gasteiger partial charge in [-0.3, -0.25) is 0 Å². The van der Waals surface area contributed by atoms with E-state index in [-0.39, 0.29) is 15.6 Å². The summed E-state index contributed by atoms with van der Waals surface area (Å²) in [5.74, 6) is 0.897. The third-order valence-electron chi connectivity index (χ3n) is 5.19. The number of para-hydroxylation sites is 1. The lowest BCUT2D eigenvalue weighted by Gasteiger charge is -2.36. The van der Waals surface area contributed by atoms with Gasteiger partial charge in [-0.1, -0.05) is 23.7 Å². The SMILES string of the molecule is COc1ccc(S(=O)(=O)c2cnc(N3CCN(c4ccccc4Cl)CC3)nc2N)cc1. The van der Waals surface area contributed by atoms with Crippen molar-refractivity contribution in [3.63, 3.8) is 0 Å². The minimum absolute atomic E-state index is 0.0747. The first kappa shape index (κ1) is 21.2. The van der Waals surface area contributed by atoms with Gasteiger partial charge in [0.2, 0.25) is 15.8 Å². The highest BCUT2D eigenvalue weighted by atomic mass is 35.5. The Morgan fingerprint density at radius 1 is 1.00 bits per heavy atom. The van der Waals surface area contributed by atoms with Crippen LogP contribution < -0.4 is 20.3 Å². The summed E-state index contributed by atoms with van der Waals surface area (Å²) in [6.07, 6.45) is 1.28. The zero-order valence-corrected chi connectivity index (χ0v) is 18.5. The summed E-state index contributed by atoms with van der Waals surface area (Å²) in [4.78, 5) is 12.7. The number of nitrogens with two attached hydrogens (primary N) is 1. The number of nitrogens with zero attached hydrogens (tertiary/aromatic N) is 4. The Hall–Kier alpha value is -3.04. The zero-order valence-electron chi connectivity index (χ0n) is 16.9. The van der Waals surface area contributed by atoms with E-state index in [1.54, 1.807) is 12.1 Å². The van der Waals surface area contributed by atoms with Gasteiger partial charge in [-0.15, -0.1) is 0 Å². The van der Waals surface area contributed by atoms with Crippen LogP contribution in [0.4, 0.5) is 17.5 Å². The molecular formula is C21H22ClN5O3S. The van der Waals surface area contributed by atoms with E-state index in [2.05, 4.69) is 14.9 Å². The molecule has 8 nitrogen and oxygen atoms in total. The summed E-state index contributed by atoms with van der Waals surface area (Å²) in [6, 6.07) is 13.8. The van der Waals surface area contributed by atoms with E-state index in [0.29, 0.717) is 29.8 Å². The number of nitrogen functional groups attached to an aromatic ring is 1. The van der Waals surface area contributed by atoms with Crippen LogP contribution in [-0.2, 0) is 9.84 Å². The van der Waals surface area contributed by atoms with Crippen LogP contribution >= 0.6 is 11.6 Å². The van der Waals surface area contributed by atoms with Gasteiger partial charge < -0.3 is 20.3 Å². The molecule has 1 aliphatic rings. The van der Waals surface area contributed by atoms with E-state index in [0.717, 1.165) is 18.8 Å². The zero-order chi connectivity index (χ0) is 22.0. The molecule has 1 saturated heterocycles. The van der Waals surface area contributed by atoms with Crippen molar-refractivity contribution in [2.24, 2.45) is 0 Å². The average molecular weight is 460 g/mol. The van der Waals surface area contributed by atoms with Crippen LogP contribution in [0, 0.1) is 0 Å². The molecule has 2 N–H and O–H groups in total. The average Bonchev–Trinajstić information content (AvgIpc) is 2.79. The lowest BCUT2D eigenvalue weighted by molar-refractivity contribution is 0.414. The Morgan fingerprint density at radius 2 is 1.65 bits per heavy atom. The molecule has 0 amide bonds. The molecule has 1 aromatic heterocycles. The number of hydrogen-bond acceptors (Lipinski definition) is 8. The Bertz CT molecular complexity index is 1180. The Labute approximate surface area is 186 Å². The normalized spacial score (nSPS) is 14.5. The first-order valence-electron chi connectivity index (χ1n) is 9.66. The topological polar surface area (TPSA) is 102 Å². The highest BCUT2D eigenvalue weighted by Gasteiger charge is 2.25. The standard InChI is InChI=1S/C21H22ClN5O3S/c1-30-15-6-8-16(9-7-15)31(28,29)19-14-24-21(25-20(19)23)27-12-10-26(11-13-27)18-5-3-2-4-17(18)22/h2-9,14H,10-13H2,1H3,(H2,23,24,25). The van der Waals surface area contributed by atoms with Gasteiger partial charge in [-0.2, -0.15) is 4.98 Å². The van der Waals surface area contributed by atoms with E-state index >= 15 is 0 Å². The lowest BCUT2D eigenvalue weighted by atomic mass is 10.2. The third-order valence-corrected chi connectivity index (χ3v) is 7.29. The minimum atomic E-state index is -3.84. The summed E-state index contributed by atoms with van der Waals surface area (Å²) in [7, 11) is -2.32. The number of aromatic nitrogens is 2. The number of halogens is 1.